The van der Waals surface area contributed by atoms with Gasteiger partial charge in [-0.25, -0.2) is 8.78 Å². The molecule has 0 aliphatic heterocycles. The summed E-state index contributed by atoms with van der Waals surface area (Å²) in [5.74, 6) is -1.37. The van der Waals surface area contributed by atoms with Gasteiger partial charge in [0.05, 0.1) is 15.7 Å². The molecule has 0 spiro atoms. The zero-order valence-electron chi connectivity index (χ0n) is 9.36. The lowest BCUT2D eigenvalue weighted by molar-refractivity contribution is 0.443. The molecule has 1 unspecified atom stereocenters. The highest BCUT2D eigenvalue weighted by molar-refractivity contribution is 7.85. The van der Waals surface area contributed by atoms with Crippen LogP contribution in [0.25, 0.3) is 0 Å². The normalized spacial score (nSPS) is 26.8. The van der Waals surface area contributed by atoms with Gasteiger partial charge >= 0.3 is 0 Å². The summed E-state index contributed by atoms with van der Waals surface area (Å²) in [6.45, 7) is 0. The van der Waals surface area contributed by atoms with Gasteiger partial charge in [0.1, 0.15) is 11.6 Å². The molecule has 2 N–H and O–H groups in total. The van der Waals surface area contributed by atoms with Crippen molar-refractivity contribution < 1.29 is 13.0 Å². The van der Waals surface area contributed by atoms with E-state index in [1.165, 1.54) is 6.07 Å². The van der Waals surface area contributed by atoms with E-state index in [0.29, 0.717) is 0 Å². The Kier molecular flexibility index (Phi) is 3.89. The Balaban J connectivity index is 2.14. The molecule has 0 heterocycles. The Morgan fingerprint density at radius 2 is 1.82 bits per heavy atom. The first-order valence-corrected chi connectivity index (χ1v) is 6.90. The minimum atomic E-state index is -1.40. The van der Waals surface area contributed by atoms with Crippen molar-refractivity contribution in [2.45, 2.75) is 41.9 Å². The van der Waals surface area contributed by atoms with Crippen molar-refractivity contribution >= 4 is 10.8 Å². The summed E-state index contributed by atoms with van der Waals surface area (Å²) in [5, 5.41) is -0.0604. The van der Waals surface area contributed by atoms with E-state index in [2.05, 4.69) is 0 Å². The van der Waals surface area contributed by atoms with Gasteiger partial charge in [-0.2, -0.15) is 0 Å². The topological polar surface area (TPSA) is 43.1 Å². The Bertz CT molecular complexity index is 431. The zero-order chi connectivity index (χ0) is 12.4. The van der Waals surface area contributed by atoms with E-state index in [1.807, 2.05) is 0 Å². The minimum absolute atomic E-state index is 0.0604. The smallest absolute Gasteiger partial charge is 0.142 e. The number of nitrogens with two attached hydrogens (primary N) is 1. The van der Waals surface area contributed by atoms with Crippen LogP contribution in [0.2, 0.25) is 0 Å². The molecular weight excluding hydrogens is 244 g/mol. The maximum atomic E-state index is 13.5. The van der Waals surface area contributed by atoms with Crippen LogP contribution in [0.5, 0.6) is 0 Å². The molecule has 1 saturated carbocycles. The highest BCUT2D eigenvalue weighted by Gasteiger charge is 2.26. The minimum Gasteiger partial charge on any atom is -0.328 e. The molecule has 2 nitrogen and oxygen atoms in total. The first-order chi connectivity index (χ1) is 8.08. The molecular formula is C12H15F2NOS. The predicted molar refractivity (Wildman–Crippen MR) is 63.0 cm³/mol. The van der Waals surface area contributed by atoms with Crippen LogP contribution in [-0.4, -0.2) is 15.5 Å². The van der Waals surface area contributed by atoms with Gasteiger partial charge in [0.2, 0.25) is 0 Å². The van der Waals surface area contributed by atoms with Gasteiger partial charge in [0.15, 0.2) is 0 Å². The Hall–Kier alpha value is -0.810. The number of halogens is 2. The van der Waals surface area contributed by atoms with E-state index >= 15 is 0 Å². The van der Waals surface area contributed by atoms with Crippen molar-refractivity contribution in [1.29, 1.82) is 0 Å². The van der Waals surface area contributed by atoms with E-state index < -0.39 is 22.4 Å². The molecule has 5 heteroatoms. The predicted octanol–water partition coefficient (Wildman–Crippen LogP) is 2.34. The molecule has 1 aromatic rings. The highest BCUT2D eigenvalue weighted by atomic mass is 32.2. The van der Waals surface area contributed by atoms with Gasteiger partial charge < -0.3 is 5.73 Å². The number of benzene rings is 1. The van der Waals surface area contributed by atoms with E-state index in [1.54, 1.807) is 0 Å². The van der Waals surface area contributed by atoms with Crippen molar-refractivity contribution in [3.05, 3.63) is 29.8 Å². The quantitative estimate of drug-likeness (QED) is 0.886. The molecule has 2 rings (SSSR count). The van der Waals surface area contributed by atoms with Gasteiger partial charge in [-0.05, 0) is 37.8 Å². The summed E-state index contributed by atoms with van der Waals surface area (Å²) >= 11 is 0. The third-order valence-corrected chi connectivity index (χ3v) is 4.97. The molecule has 1 fully saturated rings. The van der Waals surface area contributed by atoms with Crippen LogP contribution in [0.4, 0.5) is 8.78 Å². The molecule has 1 aliphatic rings. The lowest BCUT2D eigenvalue weighted by Crippen LogP contribution is -2.31. The monoisotopic (exact) mass is 259 g/mol. The van der Waals surface area contributed by atoms with Crippen molar-refractivity contribution in [3.8, 4) is 0 Å². The maximum absolute atomic E-state index is 13.5. The van der Waals surface area contributed by atoms with Crippen LogP contribution < -0.4 is 5.73 Å². The summed E-state index contributed by atoms with van der Waals surface area (Å²) in [6, 6.07) is 3.36. The van der Waals surface area contributed by atoms with Crippen molar-refractivity contribution in [2.75, 3.05) is 0 Å². The molecule has 1 atom stereocenters. The van der Waals surface area contributed by atoms with Crippen LogP contribution >= 0.6 is 0 Å². The first-order valence-electron chi connectivity index (χ1n) is 5.69. The lowest BCUT2D eigenvalue weighted by atomic mass is 9.96. The molecule has 1 aromatic carbocycles. The van der Waals surface area contributed by atoms with Crippen LogP contribution in [0, 0.1) is 11.6 Å². The fourth-order valence-corrected chi connectivity index (χ4v) is 3.63. The van der Waals surface area contributed by atoms with Crippen LogP contribution in [0.3, 0.4) is 0 Å². The van der Waals surface area contributed by atoms with Gasteiger partial charge in [0, 0.05) is 17.4 Å². The largest absolute Gasteiger partial charge is 0.328 e. The van der Waals surface area contributed by atoms with E-state index in [0.717, 1.165) is 37.8 Å². The maximum Gasteiger partial charge on any atom is 0.142 e. The molecule has 0 saturated heterocycles. The fourth-order valence-electron chi connectivity index (χ4n) is 2.12. The van der Waals surface area contributed by atoms with Crippen molar-refractivity contribution in [3.63, 3.8) is 0 Å². The van der Waals surface area contributed by atoms with Gasteiger partial charge in [-0.3, -0.25) is 4.21 Å². The van der Waals surface area contributed by atoms with Gasteiger partial charge in [-0.15, -0.1) is 0 Å². The molecule has 0 bridgehead atoms. The summed E-state index contributed by atoms with van der Waals surface area (Å²) in [7, 11) is -1.40. The van der Waals surface area contributed by atoms with Crippen LogP contribution in [0.1, 0.15) is 25.7 Å². The number of hydrogen-bond donors (Lipinski definition) is 1. The third kappa shape index (κ3) is 2.90. The average molecular weight is 259 g/mol. The van der Waals surface area contributed by atoms with Crippen LogP contribution in [-0.2, 0) is 10.8 Å². The van der Waals surface area contributed by atoms with Crippen molar-refractivity contribution in [2.24, 2.45) is 5.73 Å². The second-order valence-electron chi connectivity index (χ2n) is 4.41. The molecule has 1 aliphatic carbocycles. The first kappa shape index (κ1) is 12.6. The van der Waals surface area contributed by atoms with Gasteiger partial charge in [0.25, 0.3) is 0 Å². The average Bonchev–Trinajstić information content (AvgIpc) is 2.29. The fraction of sp³-hybridized carbons (Fsp3) is 0.500. The zero-order valence-corrected chi connectivity index (χ0v) is 10.2. The van der Waals surface area contributed by atoms with E-state index in [-0.39, 0.29) is 16.2 Å². The number of rotatable bonds is 2. The van der Waals surface area contributed by atoms with Gasteiger partial charge in [-0.1, -0.05) is 0 Å². The van der Waals surface area contributed by atoms with Crippen molar-refractivity contribution in [1.82, 2.24) is 0 Å². The molecule has 0 amide bonds. The second kappa shape index (κ2) is 5.23. The van der Waals surface area contributed by atoms with E-state index in [4.69, 9.17) is 5.73 Å². The molecule has 17 heavy (non-hydrogen) atoms. The standard InChI is InChI=1S/C12H15F2NOS/c13-8-1-6-12(11(14)7-8)17(16)10-4-2-9(15)3-5-10/h1,6-7,9-10H,2-5,15H2. The number of hydrogen-bond acceptors (Lipinski definition) is 2. The molecule has 94 valence electrons. The summed E-state index contributed by atoms with van der Waals surface area (Å²) < 4.78 is 38.4. The SMILES string of the molecule is NC1CCC(S(=O)c2ccc(F)cc2F)CC1. The summed E-state index contributed by atoms with van der Waals surface area (Å²) in [6.07, 6.45) is 3.12. The highest BCUT2D eigenvalue weighted by Crippen LogP contribution is 2.26. The molecule has 0 radical (unpaired) electrons. The Morgan fingerprint density at radius 3 is 2.41 bits per heavy atom. The lowest BCUT2D eigenvalue weighted by Gasteiger charge is -2.25. The Morgan fingerprint density at radius 1 is 1.18 bits per heavy atom. The van der Waals surface area contributed by atoms with Crippen LogP contribution in [0.15, 0.2) is 23.1 Å². The second-order valence-corrected chi connectivity index (χ2v) is 6.11. The molecule has 0 aromatic heterocycles. The summed E-state index contributed by atoms with van der Waals surface area (Å²) in [5.41, 5.74) is 5.76. The summed E-state index contributed by atoms with van der Waals surface area (Å²) in [4.78, 5) is 0.104. The van der Waals surface area contributed by atoms with E-state index in [9.17, 15) is 13.0 Å². The third-order valence-electron chi connectivity index (χ3n) is 3.13. The Labute approximate surface area is 102 Å².